The summed E-state index contributed by atoms with van der Waals surface area (Å²) >= 11 is 0. The first-order chi connectivity index (χ1) is 6.50. The summed E-state index contributed by atoms with van der Waals surface area (Å²) in [6.45, 7) is 1.49. The number of primary amides is 1. The van der Waals surface area contributed by atoms with Gasteiger partial charge in [0.25, 0.3) is 5.91 Å². The highest BCUT2D eigenvalue weighted by molar-refractivity contribution is 5.96. The maximum absolute atomic E-state index is 11.3. The van der Waals surface area contributed by atoms with Crippen LogP contribution in [0.3, 0.4) is 0 Å². The van der Waals surface area contributed by atoms with Crippen LogP contribution in [0.1, 0.15) is 17.4 Å². The van der Waals surface area contributed by atoms with E-state index in [1.165, 1.54) is 13.0 Å². The molecule has 0 saturated heterocycles. The van der Waals surface area contributed by atoms with Gasteiger partial charge in [-0.15, -0.1) is 0 Å². The Bertz CT molecular complexity index is 359. The Hall–Kier alpha value is -2.05. The van der Waals surface area contributed by atoms with E-state index in [4.69, 9.17) is 11.5 Å². The van der Waals surface area contributed by atoms with E-state index in [1.807, 2.05) is 0 Å². The molecule has 0 aliphatic heterocycles. The Kier molecular flexibility index (Phi) is 2.70. The number of anilines is 1. The number of aromatic nitrogens is 2. The van der Waals surface area contributed by atoms with Gasteiger partial charge in [-0.25, -0.2) is 0 Å². The van der Waals surface area contributed by atoms with Crippen molar-refractivity contribution in [3.8, 4) is 0 Å². The first-order valence-corrected chi connectivity index (χ1v) is 3.91. The molecule has 1 unspecified atom stereocenters. The number of H-pyrrole nitrogens is 1. The first kappa shape index (κ1) is 10.0. The molecule has 1 heterocycles. The third-order valence-electron chi connectivity index (χ3n) is 1.62. The molecule has 1 rings (SSSR count). The number of nitrogen functional groups attached to an aromatic ring is 1. The lowest BCUT2D eigenvalue weighted by atomic mass is 10.3. The lowest BCUT2D eigenvalue weighted by molar-refractivity contribution is -0.119. The van der Waals surface area contributed by atoms with Crippen molar-refractivity contribution in [3.05, 3.63) is 11.8 Å². The molecule has 2 amide bonds. The van der Waals surface area contributed by atoms with Crippen LogP contribution in [0.25, 0.3) is 0 Å². The quantitative estimate of drug-likeness (QED) is 0.475. The van der Waals surface area contributed by atoms with Crippen LogP contribution in [0.4, 0.5) is 5.82 Å². The monoisotopic (exact) mass is 197 g/mol. The van der Waals surface area contributed by atoms with Gasteiger partial charge in [-0.2, -0.15) is 5.10 Å². The van der Waals surface area contributed by atoms with E-state index in [-0.39, 0.29) is 11.5 Å². The van der Waals surface area contributed by atoms with E-state index in [0.717, 1.165) is 0 Å². The molecule has 7 heteroatoms. The number of amides is 2. The van der Waals surface area contributed by atoms with Crippen LogP contribution in [0.5, 0.6) is 0 Å². The Balaban J connectivity index is 2.63. The van der Waals surface area contributed by atoms with Gasteiger partial charge in [-0.3, -0.25) is 14.7 Å². The fraction of sp³-hybridized carbons (Fsp3) is 0.286. The number of hydrogen-bond acceptors (Lipinski definition) is 4. The number of carbonyl (C=O) groups excluding carboxylic acids is 2. The summed E-state index contributed by atoms with van der Waals surface area (Å²) in [6.07, 6.45) is 0. The molecule has 0 radical (unpaired) electrons. The summed E-state index contributed by atoms with van der Waals surface area (Å²) in [5.41, 5.74) is 10.4. The van der Waals surface area contributed by atoms with Crippen molar-refractivity contribution in [1.82, 2.24) is 15.5 Å². The number of hydrogen-bond donors (Lipinski definition) is 4. The minimum atomic E-state index is -0.730. The topological polar surface area (TPSA) is 127 Å². The Morgan fingerprint density at radius 2 is 2.29 bits per heavy atom. The molecule has 0 aliphatic rings. The van der Waals surface area contributed by atoms with E-state index in [2.05, 4.69) is 15.5 Å². The molecule has 1 aromatic rings. The fourth-order valence-electron chi connectivity index (χ4n) is 0.799. The van der Waals surface area contributed by atoms with Gasteiger partial charge in [0, 0.05) is 6.07 Å². The van der Waals surface area contributed by atoms with Gasteiger partial charge < -0.3 is 16.8 Å². The second-order valence-corrected chi connectivity index (χ2v) is 2.80. The van der Waals surface area contributed by atoms with Crippen LogP contribution in [-0.4, -0.2) is 28.1 Å². The third kappa shape index (κ3) is 2.22. The highest BCUT2D eigenvalue weighted by atomic mass is 16.2. The van der Waals surface area contributed by atoms with Gasteiger partial charge in [-0.1, -0.05) is 0 Å². The minimum Gasteiger partial charge on any atom is -0.382 e. The van der Waals surface area contributed by atoms with Crippen molar-refractivity contribution in [2.75, 3.05) is 5.73 Å². The average Bonchev–Trinajstić information content (AvgIpc) is 2.51. The van der Waals surface area contributed by atoms with Crippen LogP contribution in [0, 0.1) is 0 Å². The number of aromatic amines is 1. The molecule has 1 atom stereocenters. The Morgan fingerprint density at radius 3 is 2.71 bits per heavy atom. The van der Waals surface area contributed by atoms with Crippen LogP contribution < -0.4 is 16.8 Å². The molecule has 0 spiro atoms. The summed E-state index contributed by atoms with van der Waals surface area (Å²) in [5.74, 6) is -0.867. The van der Waals surface area contributed by atoms with Gasteiger partial charge in [0.15, 0.2) is 0 Å². The molecule has 76 valence electrons. The van der Waals surface area contributed by atoms with Crippen molar-refractivity contribution < 1.29 is 9.59 Å². The number of rotatable bonds is 3. The fourth-order valence-corrected chi connectivity index (χ4v) is 0.799. The zero-order valence-corrected chi connectivity index (χ0v) is 7.57. The van der Waals surface area contributed by atoms with Crippen molar-refractivity contribution in [2.45, 2.75) is 13.0 Å². The molecule has 0 aliphatic carbocycles. The molecule has 0 aromatic carbocycles. The standard InChI is InChI=1S/C7H11N5O2/c1-3(6(9)13)10-7(14)4-2-5(8)12-11-4/h2-3H,1H3,(H2,9,13)(H,10,14)(H3,8,11,12). The smallest absolute Gasteiger partial charge is 0.270 e. The Morgan fingerprint density at radius 1 is 1.64 bits per heavy atom. The molecular weight excluding hydrogens is 186 g/mol. The molecule has 0 saturated carbocycles. The predicted octanol–water partition coefficient (Wildman–Crippen LogP) is -1.40. The van der Waals surface area contributed by atoms with Gasteiger partial charge in [0.05, 0.1) is 0 Å². The maximum Gasteiger partial charge on any atom is 0.270 e. The van der Waals surface area contributed by atoms with Crippen molar-refractivity contribution >= 4 is 17.6 Å². The zero-order valence-electron chi connectivity index (χ0n) is 7.57. The average molecular weight is 197 g/mol. The second-order valence-electron chi connectivity index (χ2n) is 2.80. The zero-order chi connectivity index (χ0) is 10.7. The van der Waals surface area contributed by atoms with E-state index in [0.29, 0.717) is 0 Å². The lowest BCUT2D eigenvalue weighted by Gasteiger charge is -2.07. The van der Waals surface area contributed by atoms with Crippen molar-refractivity contribution in [1.29, 1.82) is 0 Å². The van der Waals surface area contributed by atoms with Crippen LogP contribution in [-0.2, 0) is 4.79 Å². The number of carbonyl (C=O) groups is 2. The third-order valence-corrected chi connectivity index (χ3v) is 1.62. The second kappa shape index (κ2) is 3.77. The normalized spacial score (nSPS) is 12.1. The highest BCUT2D eigenvalue weighted by Gasteiger charge is 2.14. The van der Waals surface area contributed by atoms with E-state index in [1.54, 1.807) is 0 Å². The molecule has 0 fully saturated rings. The molecule has 7 nitrogen and oxygen atoms in total. The highest BCUT2D eigenvalue weighted by Crippen LogP contribution is 2.00. The summed E-state index contributed by atoms with van der Waals surface area (Å²) in [4.78, 5) is 22.0. The van der Waals surface area contributed by atoms with Crippen molar-refractivity contribution in [2.24, 2.45) is 5.73 Å². The van der Waals surface area contributed by atoms with Gasteiger partial charge in [-0.05, 0) is 6.92 Å². The van der Waals surface area contributed by atoms with Gasteiger partial charge in [0.1, 0.15) is 17.6 Å². The SMILES string of the molecule is CC(NC(=O)c1cc(N)n[nH]1)C(N)=O. The number of nitrogens with zero attached hydrogens (tertiary/aromatic N) is 1. The molecular formula is C7H11N5O2. The minimum absolute atomic E-state index is 0.190. The number of nitrogens with two attached hydrogens (primary N) is 2. The lowest BCUT2D eigenvalue weighted by Crippen LogP contribution is -2.42. The van der Waals surface area contributed by atoms with E-state index < -0.39 is 17.9 Å². The van der Waals surface area contributed by atoms with Gasteiger partial charge >= 0.3 is 0 Å². The molecule has 14 heavy (non-hydrogen) atoms. The molecule has 1 aromatic heterocycles. The summed E-state index contributed by atoms with van der Waals surface area (Å²) in [6, 6.07) is 0.635. The van der Waals surface area contributed by atoms with Crippen molar-refractivity contribution in [3.63, 3.8) is 0 Å². The van der Waals surface area contributed by atoms with E-state index in [9.17, 15) is 9.59 Å². The maximum atomic E-state index is 11.3. The molecule has 0 bridgehead atoms. The van der Waals surface area contributed by atoms with Crippen LogP contribution in [0.15, 0.2) is 6.07 Å². The van der Waals surface area contributed by atoms with E-state index >= 15 is 0 Å². The first-order valence-electron chi connectivity index (χ1n) is 3.91. The Labute approximate surface area is 79.8 Å². The largest absolute Gasteiger partial charge is 0.382 e. The van der Waals surface area contributed by atoms with Crippen LogP contribution >= 0.6 is 0 Å². The summed E-state index contributed by atoms with van der Waals surface area (Å²) < 4.78 is 0. The summed E-state index contributed by atoms with van der Waals surface area (Å²) in [5, 5.41) is 8.34. The molecule has 6 N–H and O–H groups in total. The number of nitrogens with one attached hydrogen (secondary N) is 2. The predicted molar refractivity (Wildman–Crippen MR) is 49.1 cm³/mol. The summed E-state index contributed by atoms with van der Waals surface area (Å²) in [7, 11) is 0. The van der Waals surface area contributed by atoms with Crippen LogP contribution in [0.2, 0.25) is 0 Å². The van der Waals surface area contributed by atoms with Gasteiger partial charge in [0.2, 0.25) is 5.91 Å².